The van der Waals surface area contributed by atoms with Gasteiger partial charge >= 0.3 is 5.97 Å². The minimum absolute atomic E-state index is 0.184. The lowest BCUT2D eigenvalue weighted by atomic mass is 10.0. The Hall–Kier alpha value is -1.81. The van der Waals surface area contributed by atoms with Gasteiger partial charge in [0.1, 0.15) is 5.15 Å². The molecule has 5 heteroatoms. The molecule has 1 N–H and O–H groups in total. The first kappa shape index (κ1) is 13.2. The van der Waals surface area contributed by atoms with Crippen LogP contribution < -0.4 is 0 Å². The molecule has 0 amide bonds. The smallest absolute Gasteiger partial charge is 0.307 e. The van der Waals surface area contributed by atoms with Gasteiger partial charge in [0.15, 0.2) is 0 Å². The highest BCUT2D eigenvalue weighted by Crippen LogP contribution is 2.48. The van der Waals surface area contributed by atoms with E-state index >= 15 is 0 Å². The monoisotopic (exact) mass is 290 g/mol. The molecule has 1 aromatic carbocycles. The number of halogens is 1. The fraction of sp³-hybridized carbons (Fsp3) is 0.333. The lowest BCUT2D eigenvalue weighted by molar-refractivity contribution is -0.138. The van der Waals surface area contributed by atoms with Crippen LogP contribution in [0.15, 0.2) is 30.7 Å². The number of aromatic nitrogens is 2. The SMILES string of the molecule is Cc1cc(Cn2cnc(Cl)c2)ccc1[C@@H]1C[C@H]1C(=O)O. The molecule has 104 valence electrons. The van der Waals surface area contributed by atoms with Crippen molar-refractivity contribution < 1.29 is 9.90 Å². The Balaban J connectivity index is 1.76. The van der Waals surface area contributed by atoms with Gasteiger partial charge in [-0.05, 0) is 36.0 Å². The Morgan fingerprint density at radius 3 is 2.90 bits per heavy atom. The third-order valence-electron chi connectivity index (χ3n) is 3.81. The van der Waals surface area contributed by atoms with Crippen LogP contribution in [-0.4, -0.2) is 20.6 Å². The third kappa shape index (κ3) is 2.56. The summed E-state index contributed by atoms with van der Waals surface area (Å²) in [5, 5.41) is 9.49. The minimum atomic E-state index is -0.688. The molecular weight excluding hydrogens is 276 g/mol. The number of aliphatic carboxylic acids is 1. The zero-order valence-electron chi connectivity index (χ0n) is 11.1. The van der Waals surface area contributed by atoms with E-state index in [1.165, 1.54) is 0 Å². The van der Waals surface area contributed by atoms with Gasteiger partial charge in [-0.2, -0.15) is 0 Å². The van der Waals surface area contributed by atoms with Gasteiger partial charge in [-0.3, -0.25) is 4.79 Å². The van der Waals surface area contributed by atoms with Gasteiger partial charge in [0.25, 0.3) is 0 Å². The quantitative estimate of drug-likeness (QED) is 0.941. The molecule has 2 atom stereocenters. The van der Waals surface area contributed by atoms with Gasteiger partial charge in [-0.1, -0.05) is 29.8 Å². The van der Waals surface area contributed by atoms with Gasteiger partial charge in [-0.25, -0.2) is 4.98 Å². The Morgan fingerprint density at radius 2 is 2.35 bits per heavy atom. The van der Waals surface area contributed by atoms with Gasteiger partial charge in [0.05, 0.1) is 12.2 Å². The lowest BCUT2D eigenvalue weighted by Gasteiger charge is -2.08. The Kier molecular flexibility index (Phi) is 3.26. The predicted molar refractivity (Wildman–Crippen MR) is 76.0 cm³/mol. The third-order valence-corrected chi connectivity index (χ3v) is 4.00. The fourth-order valence-electron chi connectivity index (χ4n) is 2.69. The number of aryl methyl sites for hydroxylation is 1. The highest BCUT2D eigenvalue weighted by atomic mass is 35.5. The van der Waals surface area contributed by atoms with Crippen LogP contribution in [0.25, 0.3) is 0 Å². The summed E-state index contributed by atoms with van der Waals surface area (Å²) in [6, 6.07) is 6.21. The van der Waals surface area contributed by atoms with Crippen molar-refractivity contribution in [2.24, 2.45) is 5.92 Å². The van der Waals surface area contributed by atoms with Crippen molar-refractivity contribution in [2.45, 2.75) is 25.8 Å². The summed E-state index contributed by atoms with van der Waals surface area (Å²) >= 11 is 5.79. The number of carboxylic acids is 1. The van der Waals surface area contributed by atoms with Crippen molar-refractivity contribution in [1.82, 2.24) is 9.55 Å². The van der Waals surface area contributed by atoms with Crippen LogP contribution in [-0.2, 0) is 11.3 Å². The molecule has 0 bridgehead atoms. The molecule has 0 radical (unpaired) electrons. The van der Waals surface area contributed by atoms with Crippen LogP contribution in [0.3, 0.4) is 0 Å². The topological polar surface area (TPSA) is 55.1 Å². The van der Waals surface area contributed by atoms with Crippen molar-refractivity contribution in [2.75, 3.05) is 0 Å². The Morgan fingerprint density at radius 1 is 1.55 bits per heavy atom. The highest BCUT2D eigenvalue weighted by molar-refractivity contribution is 6.29. The summed E-state index contributed by atoms with van der Waals surface area (Å²) < 4.78 is 1.92. The fourth-order valence-corrected chi connectivity index (χ4v) is 2.86. The number of carboxylic acid groups (broad SMARTS) is 1. The average molecular weight is 291 g/mol. The molecule has 4 nitrogen and oxygen atoms in total. The molecule has 0 spiro atoms. The van der Waals surface area contributed by atoms with Crippen LogP contribution >= 0.6 is 11.6 Å². The standard InChI is InChI=1S/C15H15ClN2O2/c1-9-4-10(6-18-7-14(16)17-8-18)2-3-11(9)12-5-13(12)15(19)20/h2-4,7-8,12-13H,5-6H2,1H3,(H,19,20)/t12-,13+/m0/s1. The second-order valence-electron chi connectivity index (χ2n) is 5.35. The molecule has 1 heterocycles. The van der Waals surface area contributed by atoms with Gasteiger partial charge in [0.2, 0.25) is 0 Å². The van der Waals surface area contributed by atoms with Gasteiger partial charge in [-0.15, -0.1) is 0 Å². The summed E-state index contributed by atoms with van der Waals surface area (Å²) in [6.07, 6.45) is 4.24. The largest absolute Gasteiger partial charge is 0.481 e. The van der Waals surface area contributed by atoms with Crippen LogP contribution in [0.4, 0.5) is 0 Å². The number of carbonyl (C=O) groups is 1. The van der Waals surface area contributed by atoms with Gasteiger partial charge < -0.3 is 9.67 Å². The molecule has 1 aromatic heterocycles. The summed E-state index contributed by atoms with van der Waals surface area (Å²) in [6.45, 7) is 2.75. The number of hydrogen-bond donors (Lipinski definition) is 1. The Bertz CT molecular complexity index is 666. The highest BCUT2D eigenvalue weighted by Gasteiger charge is 2.44. The maximum Gasteiger partial charge on any atom is 0.307 e. The van der Waals surface area contributed by atoms with Crippen LogP contribution in [0.2, 0.25) is 5.15 Å². The molecule has 1 saturated carbocycles. The zero-order valence-corrected chi connectivity index (χ0v) is 11.8. The van der Waals surface area contributed by atoms with E-state index in [9.17, 15) is 4.79 Å². The number of nitrogens with zero attached hydrogens (tertiary/aromatic N) is 2. The van der Waals surface area contributed by atoms with E-state index in [1.807, 2.05) is 17.6 Å². The van der Waals surface area contributed by atoms with E-state index in [2.05, 4.69) is 17.1 Å². The first-order valence-corrected chi connectivity index (χ1v) is 6.92. The maximum absolute atomic E-state index is 10.9. The molecule has 0 unspecified atom stereocenters. The van der Waals surface area contributed by atoms with Crippen LogP contribution in [0.1, 0.15) is 29.0 Å². The molecule has 2 aromatic rings. The molecule has 20 heavy (non-hydrogen) atoms. The van der Waals surface area contributed by atoms with E-state index in [0.717, 1.165) is 23.1 Å². The molecule has 1 aliphatic carbocycles. The first-order valence-electron chi connectivity index (χ1n) is 6.54. The zero-order chi connectivity index (χ0) is 14.3. The second-order valence-corrected chi connectivity index (χ2v) is 5.73. The Labute approximate surface area is 122 Å². The van der Waals surface area contributed by atoms with Crippen LogP contribution in [0, 0.1) is 12.8 Å². The van der Waals surface area contributed by atoms with Crippen molar-refractivity contribution in [3.05, 3.63) is 52.6 Å². The van der Waals surface area contributed by atoms with E-state index < -0.39 is 5.97 Å². The average Bonchev–Trinajstić information content (AvgIpc) is 3.07. The summed E-state index contributed by atoms with van der Waals surface area (Å²) in [7, 11) is 0. The molecule has 0 saturated heterocycles. The minimum Gasteiger partial charge on any atom is -0.481 e. The molecular formula is C15H15ClN2O2. The number of benzene rings is 1. The molecule has 3 rings (SSSR count). The van der Waals surface area contributed by atoms with Crippen molar-refractivity contribution in [1.29, 1.82) is 0 Å². The lowest BCUT2D eigenvalue weighted by Crippen LogP contribution is -2.01. The van der Waals surface area contributed by atoms with Gasteiger partial charge in [0, 0.05) is 12.7 Å². The molecule has 1 fully saturated rings. The number of hydrogen-bond acceptors (Lipinski definition) is 2. The van der Waals surface area contributed by atoms with E-state index in [0.29, 0.717) is 11.7 Å². The summed E-state index contributed by atoms with van der Waals surface area (Å²) in [5.41, 5.74) is 3.47. The first-order chi connectivity index (χ1) is 9.54. The van der Waals surface area contributed by atoms with E-state index in [-0.39, 0.29) is 11.8 Å². The van der Waals surface area contributed by atoms with E-state index in [1.54, 1.807) is 12.5 Å². The van der Waals surface area contributed by atoms with Crippen LogP contribution in [0.5, 0.6) is 0 Å². The molecule has 1 aliphatic rings. The van der Waals surface area contributed by atoms with Crippen molar-refractivity contribution in [3.63, 3.8) is 0 Å². The summed E-state index contributed by atoms with van der Waals surface area (Å²) in [5.74, 6) is -0.706. The normalized spacial score (nSPS) is 20.9. The molecule has 0 aliphatic heterocycles. The predicted octanol–water partition coefficient (Wildman–Crippen LogP) is 3.08. The number of rotatable bonds is 4. The van der Waals surface area contributed by atoms with Crippen molar-refractivity contribution in [3.8, 4) is 0 Å². The second kappa shape index (κ2) is 4.94. The van der Waals surface area contributed by atoms with E-state index in [4.69, 9.17) is 16.7 Å². The maximum atomic E-state index is 10.9. The van der Waals surface area contributed by atoms with Crippen molar-refractivity contribution >= 4 is 17.6 Å². The number of imidazole rings is 1. The summed E-state index contributed by atoms with van der Waals surface area (Å²) in [4.78, 5) is 14.9.